The van der Waals surface area contributed by atoms with E-state index in [-0.39, 0.29) is 24.6 Å². The third-order valence-corrected chi connectivity index (χ3v) is 9.78. The lowest BCUT2D eigenvalue weighted by Gasteiger charge is -2.16. The van der Waals surface area contributed by atoms with E-state index in [1.54, 1.807) is 12.2 Å². The molecule has 11 nitrogen and oxygen atoms in total. The van der Waals surface area contributed by atoms with Crippen LogP contribution in [0.25, 0.3) is 23.5 Å². The molecule has 1 unspecified atom stereocenters. The first-order valence-corrected chi connectivity index (χ1v) is 15.4. The van der Waals surface area contributed by atoms with Crippen LogP contribution in [0.15, 0.2) is 36.1 Å². The molecular weight excluding hydrogens is 600 g/mol. The predicted molar refractivity (Wildman–Crippen MR) is 177 cm³/mol. The van der Waals surface area contributed by atoms with Crippen molar-refractivity contribution >= 4 is 41.4 Å². The van der Waals surface area contributed by atoms with Gasteiger partial charge in [-0.1, -0.05) is 25.3 Å². The zero-order valence-electron chi connectivity index (χ0n) is 27.1. The molecule has 0 amide bonds. The van der Waals surface area contributed by atoms with Gasteiger partial charge in [0.1, 0.15) is 11.7 Å². The van der Waals surface area contributed by atoms with E-state index in [0.29, 0.717) is 57.2 Å². The molecule has 0 saturated heterocycles. The first-order chi connectivity index (χ1) is 22.4. The van der Waals surface area contributed by atoms with Gasteiger partial charge in [-0.2, -0.15) is 0 Å². The summed E-state index contributed by atoms with van der Waals surface area (Å²) in [6.07, 6.45) is 6.18. The Morgan fingerprint density at radius 3 is 2.38 bits per heavy atom. The van der Waals surface area contributed by atoms with Gasteiger partial charge in [0.05, 0.1) is 36.9 Å². The van der Waals surface area contributed by atoms with Crippen LogP contribution < -0.4 is 15.9 Å². The molecule has 3 aromatic heterocycles. The maximum absolute atomic E-state index is 13.3. The van der Waals surface area contributed by atoms with Gasteiger partial charge in [0.2, 0.25) is 0 Å². The van der Waals surface area contributed by atoms with E-state index < -0.39 is 23.8 Å². The minimum atomic E-state index is -1.12. The number of methoxy groups -OCH3 is 2. The van der Waals surface area contributed by atoms with Crippen LogP contribution in [0.4, 0.5) is 0 Å². The first-order valence-electron chi connectivity index (χ1n) is 15.4. The van der Waals surface area contributed by atoms with Crippen molar-refractivity contribution in [2.45, 2.75) is 52.5 Å². The quantitative estimate of drug-likeness (QED) is 0.214. The maximum Gasteiger partial charge on any atom is 0.340 e. The molecule has 11 heteroatoms. The molecule has 8 bridgehead atoms. The largest absolute Gasteiger partial charge is 0.510 e. The minimum absolute atomic E-state index is 0.116. The molecule has 0 saturated carbocycles. The van der Waals surface area contributed by atoms with Crippen molar-refractivity contribution in [2.75, 3.05) is 14.2 Å². The Balaban J connectivity index is 1.71. The van der Waals surface area contributed by atoms with Crippen LogP contribution in [0, 0.1) is 19.8 Å². The van der Waals surface area contributed by atoms with Gasteiger partial charge in [-0.25, -0.2) is 4.79 Å². The van der Waals surface area contributed by atoms with Gasteiger partial charge in [-0.3, -0.25) is 9.59 Å². The van der Waals surface area contributed by atoms with Crippen molar-refractivity contribution in [2.24, 2.45) is 5.92 Å². The normalized spacial score (nSPS) is 19.3. The van der Waals surface area contributed by atoms with Crippen LogP contribution in [-0.2, 0) is 38.3 Å². The highest BCUT2D eigenvalue weighted by molar-refractivity contribution is 5.99. The van der Waals surface area contributed by atoms with Gasteiger partial charge in [-0.05, 0) is 61.1 Å². The van der Waals surface area contributed by atoms with E-state index in [2.05, 4.69) is 33.4 Å². The van der Waals surface area contributed by atoms with Crippen LogP contribution in [-0.4, -0.2) is 63.3 Å². The van der Waals surface area contributed by atoms with Crippen LogP contribution in [0.3, 0.4) is 0 Å². The lowest BCUT2D eigenvalue weighted by molar-refractivity contribution is -0.142. The number of aliphatic carboxylic acids is 1. The molecule has 6 rings (SSSR count). The number of aromatic amines is 3. The van der Waals surface area contributed by atoms with E-state index in [1.165, 1.54) is 14.2 Å². The second kappa shape index (κ2) is 11.7. The number of nitrogens with one attached hydrogen (secondary N) is 4. The molecule has 2 aliphatic heterocycles. The number of hydrogen-bond donors (Lipinski definition) is 6. The molecule has 0 fully saturated rings. The predicted octanol–water partition coefficient (Wildman–Crippen LogP) is 3.36. The number of hydrogen-bond acceptors (Lipinski definition) is 7. The number of carbonyl (C=O) groups is 3. The fraction of sp³-hybridized carbons (Fsp3) is 0.306. The number of ether oxygens (including phenoxy) is 2. The van der Waals surface area contributed by atoms with E-state index in [0.717, 1.165) is 44.9 Å². The van der Waals surface area contributed by atoms with Gasteiger partial charge >= 0.3 is 17.9 Å². The van der Waals surface area contributed by atoms with Crippen molar-refractivity contribution in [3.8, 4) is 0 Å². The number of fused-ring (bicyclic) bond motifs is 8. The van der Waals surface area contributed by atoms with Crippen molar-refractivity contribution in [1.29, 1.82) is 0 Å². The number of rotatable bonds is 7. The zero-order valence-corrected chi connectivity index (χ0v) is 27.1. The van der Waals surface area contributed by atoms with E-state index in [1.807, 2.05) is 26.8 Å². The van der Waals surface area contributed by atoms with Crippen LogP contribution in [0.1, 0.15) is 74.4 Å². The number of carbonyl (C=O) groups excluding carboxylic acids is 2. The Morgan fingerprint density at radius 1 is 1.00 bits per heavy atom. The Bertz CT molecular complexity index is 2100. The molecule has 3 aromatic rings. The van der Waals surface area contributed by atoms with Crippen LogP contribution >= 0.6 is 0 Å². The van der Waals surface area contributed by atoms with Gasteiger partial charge < -0.3 is 40.0 Å². The number of esters is 2. The topological polar surface area (TPSA) is 170 Å². The fourth-order valence-corrected chi connectivity index (χ4v) is 7.33. The number of aliphatic hydroxyl groups is 1. The summed E-state index contributed by atoms with van der Waals surface area (Å²) in [5.41, 5.74) is 9.91. The van der Waals surface area contributed by atoms with Gasteiger partial charge in [-0.15, -0.1) is 0 Å². The Hall–Kier alpha value is -5.45. The summed E-state index contributed by atoms with van der Waals surface area (Å²) in [7, 11) is 2.61. The summed E-state index contributed by atoms with van der Waals surface area (Å²) >= 11 is 0. The average molecular weight is 639 g/mol. The van der Waals surface area contributed by atoms with E-state index >= 15 is 0 Å². The molecule has 6 N–H and O–H groups in total. The third kappa shape index (κ3) is 4.84. The molecule has 0 aromatic carbocycles. The zero-order chi connectivity index (χ0) is 33.9. The first kappa shape index (κ1) is 31.5. The van der Waals surface area contributed by atoms with Crippen molar-refractivity contribution in [1.82, 2.24) is 20.3 Å². The molecule has 47 heavy (non-hydrogen) atoms. The summed E-state index contributed by atoms with van der Waals surface area (Å²) in [5.74, 6) is -3.36. The molecule has 0 radical (unpaired) electrons. The molecule has 0 spiro atoms. The maximum atomic E-state index is 13.3. The number of H-pyrrole nitrogens is 3. The Kier molecular flexibility index (Phi) is 7.87. The van der Waals surface area contributed by atoms with E-state index in [9.17, 15) is 24.6 Å². The number of carboxylic acids is 1. The highest BCUT2D eigenvalue weighted by Gasteiger charge is 2.39. The minimum Gasteiger partial charge on any atom is -0.510 e. The third-order valence-electron chi connectivity index (χ3n) is 9.78. The van der Waals surface area contributed by atoms with E-state index in [4.69, 9.17) is 9.47 Å². The Labute approximate surface area is 271 Å². The van der Waals surface area contributed by atoms with Gasteiger partial charge in [0, 0.05) is 64.1 Å². The van der Waals surface area contributed by atoms with Crippen molar-refractivity contribution in [3.63, 3.8) is 0 Å². The lowest BCUT2D eigenvalue weighted by Crippen LogP contribution is -2.26. The second-order valence-electron chi connectivity index (χ2n) is 12.1. The standard InChI is InChI=1S/C36H38N4O7/c1-8-18-15(3)21-12-22-16(4)20(10-11-27(41)42)32(39-22)30-31(36(45)47-7)34(43)28-17(5)23(40-33(28)30)13-25-19(9-2)29(35(44)46-6)26(38-25)14-24(18)37-21/h8-9,14,21,31,37-40,43H,1-2,10-13H2,3-7H3,(H,41,42)/b24-14-/t21?,31-/m1/s1. The SMILES string of the molecule is C=CC1=C(C)C2Cc3[nH]c(c(CCC(=O)O)c3C)C3=c4[nH]c(c(C)c4=C(O)[C@@H]3C(=O)OC)Cc3[nH]c(c(C(=O)OC)c3C=C)/C=C/1N2. The van der Waals surface area contributed by atoms with Crippen LogP contribution in [0.2, 0.25) is 0 Å². The smallest absolute Gasteiger partial charge is 0.340 e. The van der Waals surface area contributed by atoms with Crippen LogP contribution in [0.5, 0.6) is 0 Å². The number of allylic oxidation sites excluding steroid dienone is 1. The highest BCUT2D eigenvalue weighted by Crippen LogP contribution is 2.37. The molecule has 3 aliphatic rings. The monoisotopic (exact) mass is 638 g/mol. The fourth-order valence-electron chi connectivity index (χ4n) is 7.33. The van der Waals surface area contributed by atoms with Crippen molar-refractivity contribution < 1.29 is 34.1 Å². The number of carboxylic acid groups (broad SMARTS) is 1. The summed E-state index contributed by atoms with van der Waals surface area (Å²) in [4.78, 5) is 48.7. The summed E-state index contributed by atoms with van der Waals surface area (Å²) < 4.78 is 10.4. The van der Waals surface area contributed by atoms with Crippen molar-refractivity contribution in [3.05, 3.63) is 103 Å². The number of aromatic nitrogens is 3. The molecule has 1 aliphatic carbocycles. The average Bonchev–Trinajstić information content (AvgIpc) is 3.79. The van der Waals surface area contributed by atoms with Gasteiger partial charge in [0.15, 0.2) is 0 Å². The Morgan fingerprint density at radius 2 is 1.74 bits per heavy atom. The molecule has 244 valence electrons. The summed E-state index contributed by atoms with van der Waals surface area (Å²) in [6.45, 7) is 13.9. The number of aliphatic hydroxyl groups excluding tert-OH is 1. The second-order valence-corrected chi connectivity index (χ2v) is 12.1. The molecule has 5 heterocycles. The lowest BCUT2D eigenvalue weighted by atomic mass is 9.92. The molecule has 2 atom stereocenters. The summed E-state index contributed by atoms with van der Waals surface area (Å²) in [6, 6.07) is -0.172. The van der Waals surface area contributed by atoms with Gasteiger partial charge in [0.25, 0.3) is 0 Å². The molecular formula is C36H38N4O7. The highest BCUT2D eigenvalue weighted by atomic mass is 16.5. The summed E-state index contributed by atoms with van der Waals surface area (Å²) in [5, 5.41) is 25.9.